The van der Waals surface area contributed by atoms with Gasteiger partial charge in [0.2, 0.25) is 0 Å². The Balaban J connectivity index is 1.61. The average molecular weight is 343 g/mol. The summed E-state index contributed by atoms with van der Waals surface area (Å²) < 4.78 is 36.6. The van der Waals surface area contributed by atoms with Gasteiger partial charge in [0.25, 0.3) is 5.91 Å². The number of nitrogens with one attached hydrogen (secondary N) is 1. The van der Waals surface area contributed by atoms with E-state index >= 15 is 0 Å². The van der Waals surface area contributed by atoms with Gasteiger partial charge in [-0.1, -0.05) is 5.16 Å². The molecule has 2 aliphatic heterocycles. The number of rotatable bonds is 3. The number of anilines is 1. The van der Waals surface area contributed by atoms with E-state index in [1.54, 1.807) is 18.6 Å². The number of alkyl halides is 3. The van der Waals surface area contributed by atoms with Gasteiger partial charge in [0.1, 0.15) is 18.1 Å². The predicted molar refractivity (Wildman–Crippen MR) is 78.4 cm³/mol. The second kappa shape index (κ2) is 6.25. The molecule has 24 heavy (non-hydrogen) atoms. The second-order valence-corrected chi connectivity index (χ2v) is 5.88. The lowest BCUT2D eigenvalue weighted by molar-refractivity contribution is -0.134. The van der Waals surface area contributed by atoms with Crippen LogP contribution in [0.2, 0.25) is 0 Å². The number of aromatic nitrogens is 2. The third-order valence-corrected chi connectivity index (χ3v) is 3.96. The molecule has 0 saturated carbocycles. The van der Waals surface area contributed by atoms with E-state index in [0.717, 1.165) is 13.0 Å². The summed E-state index contributed by atoms with van der Waals surface area (Å²) in [5, 5.41) is 5.53. The molecule has 1 amide bonds. The summed E-state index contributed by atoms with van der Waals surface area (Å²) in [7, 11) is 0. The van der Waals surface area contributed by atoms with Gasteiger partial charge in [-0.15, -0.1) is 0 Å². The molecular formula is C14H16F3N5O2. The molecule has 0 bridgehead atoms. The molecule has 130 valence electrons. The number of oxime groups is 1. The van der Waals surface area contributed by atoms with Crippen LogP contribution in [0.3, 0.4) is 0 Å². The molecule has 10 heteroatoms. The lowest BCUT2D eigenvalue weighted by atomic mass is 9.88. The molecule has 0 radical (unpaired) electrons. The van der Waals surface area contributed by atoms with E-state index in [1.807, 2.05) is 10.2 Å². The molecule has 3 heterocycles. The molecular weight excluding hydrogens is 327 g/mol. The van der Waals surface area contributed by atoms with Crippen LogP contribution in [0.5, 0.6) is 0 Å². The smallest absolute Gasteiger partial charge is 0.386 e. The minimum absolute atomic E-state index is 0.0137. The van der Waals surface area contributed by atoms with Gasteiger partial charge in [0.15, 0.2) is 5.60 Å². The highest BCUT2D eigenvalue weighted by atomic mass is 19.4. The Morgan fingerprint density at radius 1 is 1.42 bits per heavy atom. The molecule has 1 fully saturated rings. The molecule has 1 spiro atoms. The summed E-state index contributed by atoms with van der Waals surface area (Å²) in [5.41, 5.74) is -0.721. The Bertz CT molecular complexity index is 637. The van der Waals surface area contributed by atoms with Crippen LogP contribution in [-0.4, -0.2) is 53.0 Å². The fourth-order valence-electron chi connectivity index (χ4n) is 2.89. The third kappa shape index (κ3) is 3.74. The van der Waals surface area contributed by atoms with Crippen LogP contribution in [0, 0.1) is 0 Å². The van der Waals surface area contributed by atoms with Gasteiger partial charge in [-0.25, -0.2) is 4.98 Å². The molecule has 3 rings (SSSR count). The zero-order chi connectivity index (χ0) is 17.2. The first-order valence-electron chi connectivity index (χ1n) is 7.48. The summed E-state index contributed by atoms with van der Waals surface area (Å²) in [6.07, 6.45) is 1.97. The number of nitrogens with zero attached hydrogens (tertiary/aromatic N) is 4. The van der Waals surface area contributed by atoms with Crippen LogP contribution in [0.25, 0.3) is 0 Å². The Hall–Kier alpha value is -2.39. The summed E-state index contributed by atoms with van der Waals surface area (Å²) >= 11 is 0. The quantitative estimate of drug-likeness (QED) is 0.894. The maximum Gasteiger partial charge on any atom is 0.405 e. The van der Waals surface area contributed by atoms with Crippen molar-refractivity contribution in [3.63, 3.8) is 0 Å². The first-order valence-corrected chi connectivity index (χ1v) is 7.48. The minimum Gasteiger partial charge on any atom is -0.386 e. The SMILES string of the molecule is O=C(NCC(F)(F)F)C1=NOC2(CCCN(c3cnccn3)C2)C1. The molecule has 1 atom stereocenters. The van der Waals surface area contributed by atoms with Gasteiger partial charge >= 0.3 is 6.18 Å². The lowest BCUT2D eigenvalue weighted by Crippen LogP contribution is -2.49. The van der Waals surface area contributed by atoms with E-state index < -0.39 is 24.2 Å². The Morgan fingerprint density at radius 3 is 2.96 bits per heavy atom. The van der Waals surface area contributed by atoms with Crippen molar-refractivity contribution < 1.29 is 22.8 Å². The summed E-state index contributed by atoms with van der Waals surface area (Å²) in [5.74, 6) is -0.157. The first-order chi connectivity index (χ1) is 11.4. The zero-order valence-corrected chi connectivity index (χ0v) is 12.7. The van der Waals surface area contributed by atoms with E-state index in [4.69, 9.17) is 4.84 Å². The van der Waals surface area contributed by atoms with E-state index in [1.165, 1.54) is 0 Å². The fraction of sp³-hybridized carbons (Fsp3) is 0.571. The van der Waals surface area contributed by atoms with Gasteiger partial charge in [0.05, 0.1) is 12.7 Å². The summed E-state index contributed by atoms with van der Waals surface area (Å²) in [6.45, 7) is -0.172. The van der Waals surface area contributed by atoms with Gasteiger partial charge in [-0.05, 0) is 12.8 Å². The molecule has 1 aromatic heterocycles. The molecule has 1 N–H and O–H groups in total. The van der Waals surface area contributed by atoms with Crippen molar-refractivity contribution in [2.75, 3.05) is 24.5 Å². The van der Waals surface area contributed by atoms with Crippen molar-refractivity contribution in [1.29, 1.82) is 0 Å². The van der Waals surface area contributed by atoms with Crippen molar-refractivity contribution in [1.82, 2.24) is 15.3 Å². The highest BCUT2D eigenvalue weighted by molar-refractivity contribution is 6.39. The van der Waals surface area contributed by atoms with E-state index in [9.17, 15) is 18.0 Å². The van der Waals surface area contributed by atoms with Crippen LogP contribution in [0.1, 0.15) is 19.3 Å². The molecule has 0 aromatic carbocycles. The van der Waals surface area contributed by atoms with Crippen molar-refractivity contribution in [3.8, 4) is 0 Å². The number of halogens is 3. The Labute approximate surface area is 135 Å². The van der Waals surface area contributed by atoms with Crippen LogP contribution < -0.4 is 10.2 Å². The number of carbonyl (C=O) groups excluding carboxylic acids is 1. The highest BCUT2D eigenvalue weighted by Gasteiger charge is 2.45. The number of piperidine rings is 1. The summed E-state index contributed by atoms with van der Waals surface area (Å²) in [4.78, 5) is 27.5. The van der Waals surface area contributed by atoms with E-state index in [0.29, 0.717) is 18.8 Å². The topological polar surface area (TPSA) is 79.7 Å². The van der Waals surface area contributed by atoms with Crippen molar-refractivity contribution in [2.24, 2.45) is 5.16 Å². The van der Waals surface area contributed by atoms with Crippen LogP contribution in [0.4, 0.5) is 19.0 Å². The molecule has 1 saturated heterocycles. The van der Waals surface area contributed by atoms with Gasteiger partial charge < -0.3 is 15.1 Å². The number of hydrogen-bond acceptors (Lipinski definition) is 6. The summed E-state index contributed by atoms with van der Waals surface area (Å²) in [6, 6.07) is 0. The number of hydrogen-bond donors (Lipinski definition) is 1. The second-order valence-electron chi connectivity index (χ2n) is 5.88. The van der Waals surface area contributed by atoms with Crippen molar-refractivity contribution >= 4 is 17.4 Å². The lowest BCUT2D eigenvalue weighted by Gasteiger charge is -2.38. The van der Waals surface area contributed by atoms with Crippen LogP contribution in [-0.2, 0) is 9.63 Å². The monoisotopic (exact) mass is 343 g/mol. The van der Waals surface area contributed by atoms with E-state index in [-0.39, 0.29) is 12.1 Å². The van der Waals surface area contributed by atoms with Gasteiger partial charge in [-0.3, -0.25) is 9.78 Å². The standard InChI is InChI=1S/C14H16F3N5O2/c15-14(16,17)8-20-12(23)10-6-13(24-21-10)2-1-5-22(9-13)11-7-18-3-4-19-11/h3-4,7H,1-2,5-6,8-9H2,(H,20,23). The Morgan fingerprint density at radius 2 is 2.25 bits per heavy atom. The molecule has 0 aliphatic carbocycles. The first kappa shape index (κ1) is 16.5. The highest BCUT2D eigenvalue weighted by Crippen LogP contribution is 2.34. The molecule has 1 aromatic rings. The van der Waals surface area contributed by atoms with Gasteiger partial charge in [-0.2, -0.15) is 13.2 Å². The number of amides is 1. The fourth-order valence-corrected chi connectivity index (χ4v) is 2.89. The molecule has 1 unspecified atom stereocenters. The Kier molecular flexibility index (Phi) is 4.29. The average Bonchev–Trinajstić information content (AvgIpc) is 2.96. The van der Waals surface area contributed by atoms with Gasteiger partial charge in [0, 0.05) is 25.4 Å². The van der Waals surface area contributed by atoms with Crippen molar-refractivity contribution in [3.05, 3.63) is 18.6 Å². The zero-order valence-electron chi connectivity index (χ0n) is 12.7. The maximum absolute atomic E-state index is 12.2. The number of carbonyl (C=O) groups is 1. The predicted octanol–water partition coefficient (Wildman–Crippen LogP) is 1.27. The minimum atomic E-state index is -4.46. The molecule has 7 nitrogen and oxygen atoms in total. The van der Waals surface area contributed by atoms with E-state index in [2.05, 4.69) is 15.1 Å². The third-order valence-electron chi connectivity index (χ3n) is 3.96. The van der Waals surface area contributed by atoms with Crippen molar-refractivity contribution in [2.45, 2.75) is 31.0 Å². The van der Waals surface area contributed by atoms with Crippen LogP contribution >= 0.6 is 0 Å². The largest absolute Gasteiger partial charge is 0.405 e. The van der Waals surface area contributed by atoms with Crippen LogP contribution in [0.15, 0.2) is 23.7 Å². The normalized spacial score (nSPS) is 23.8. The maximum atomic E-state index is 12.2. The molecule has 2 aliphatic rings.